The summed E-state index contributed by atoms with van der Waals surface area (Å²) in [5, 5.41) is 7.56. The number of alkyl carbamates (subject to hydrolysis) is 1. The van der Waals surface area contributed by atoms with Gasteiger partial charge in [0.25, 0.3) is 0 Å². The Morgan fingerprint density at radius 1 is 0.973 bits per heavy atom. The molecule has 0 saturated carbocycles. The summed E-state index contributed by atoms with van der Waals surface area (Å²) in [6.07, 6.45) is 0.888. The summed E-state index contributed by atoms with van der Waals surface area (Å²) in [7, 11) is 0. The number of rotatable bonds is 21. The van der Waals surface area contributed by atoms with E-state index in [4.69, 9.17) is 23.7 Å². The number of nitrogens with two attached hydrogens (primary N) is 1. The van der Waals surface area contributed by atoms with Gasteiger partial charge in [-0.05, 0) is 33.6 Å². The second-order valence-electron chi connectivity index (χ2n) is 8.76. The van der Waals surface area contributed by atoms with Crippen LogP contribution in [0.25, 0.3) is 0 Å². The van der Waals surface area contributed by atoms with Crippen LogP contribution in [0.3, 0.4) is 0 Å². The second-order valence-corrected chi connectivity index (χ2v) is 8.76. The number of allylic oxidation sites excluding steroid dienone is 1. The van der Waals surface area contributed by atoms with Gasteiger partial charge in [-0.3, -0.25) is 14.4 Å². The highest BCUT2D eigenvalue weighted by atomic mass is 16.6. The highest BCUT2D eigenvalue weighted by Crippen LogP contribution is 1.98. The molecule has 0 saturated heterocycles. The van der Waals surface area contributed by atoms with Gasteiger partial charge in [0.1, 0.15) is 19.8 Å². The molecule has 37 heavy (non-hydrogen) atoms. The molecule has 214 valence electrons. The van der Waals surface area contributed by atoms with Crippen molar-refractivity contribution in [3.05, 3.63) is 12.3 Å². The molecule has 4 N–H and O–H groups in total. The number of nitrogens with one attached hydrogen (secondary N) is 2. The van der Waals surface area contributed by atoms with E-state index in [9.17, 15) is 19.2 Å². The van der Waals surface area contributed by atoms with E-state index in [0.717, 1.165) is 19.4 Å². The molecule has 0 rings (SSSR count). The van der Waals surface area contributed by atoms with E-state index in [1.807, 2.05) is 13.8 Å². The van der Waals surface area contributed by atoms with E-state index in [-0.39, 0.29) is 50.6 Å². The molecule has 0 aliphatic heterocycles. The van der Waals surface area contributed by atoms with Gasteiger partial charge in [-0.25, -0.2) is 4.79 Å². The van der Waals surface area contributed by atoms with Gasteiger partial charge >= 0.3 is 18.0 Å². The molecule has 3 atom stereocenters. The van der Waals surface area contributed by atoms with E-state index in [2.05, 4.69) is 22.5 Å². The van der Waals surface area contributed by atoms with Crippen molar-refractivity contribution in [3.63, 3.8) is 0 Å². The SMILES string of the molecule is C=C(C)OCCOCCOC(=O)NC(C)CCC[NH2+]C(C)CC(=O)NCC(COC(=O)CC)OC(C)=O. The van der Waals surface area contributed by atoms with Crippen molar-refractivity contribution in [1.29, 1.82) is 0 Å². The Balaban J connectivity index is 3.95. The minimum Gasteiger partial charge on any atom is -0.496 e. The van der Waals surface area contributed by atoms with Gasteiger partial charge in [0.15, 0.2) is 6.10 Å². The number of hydrogen-bond donors (Lipinski definition) is 3. The standard InChI is InChI=1S/C25H45N3O9/c1-7-24(31)36-17-22(37-21(6)29)16-27-23(30)15-20(5)26-10-8-9-19(4)28-25(32)35-14-12-33-11-13-34-18(2)3/h19-20,22,26H,2,7-17H2,1,3-6H3,(H,27,30)(H,28,32)/p+1. The van der Waals surface area contributed by atoms with Gasteiger partial charge in [-0.2, -0.15) is 0 Å². The highest BCUT2D eigenvalue weighted by Gasteiger charge is 2.18. The number of ether oxygens (including phenoxy) is 5. The number of carbonyl (C=O) groups excluding carboxylic acids is 4. The summed E-state index contributed by atoms with van der Waals surface area (Å²) in [6.45, 7) is 14.2. The second kappa shape index (κ2) is 21.2. The zero-order chi connectivity index (χ0) is 28.1. The summed E-state index contributed by atoms with van der Waals surface area (Å²) in [6, 6.07) is -0.0106. The molecule has 0 radical (unpaired) electrons. The predicted octanol–water partition coefficient (Wildman–Crippen LogP) is 0.791. The Bertz CT molecular complexity index is 703. The summed E-state index contributed by atoms with van der Waals surface area (Å²) in [4.78, 5) is 46.6. The topological polar surface area (TPSA) is 155 Å². The lowest BCUT2D eigenvalue weighted by Crippen LogP contribution is -2.89. The van der Waals surface area contributed by atoms with Crippen molar-refractivity contribution >= 4 is 23.9 Å². The van der Waals surface area contributed by atoms with Crippen molar-refractivity contribution in [2.75, 3.05) is 46.1 Å². The summed E-state index contributed by atoms with van der Waals surface area (Å²) in [5.74, 6) is -0.478. The number of carbonyl (C=O) groups is 4. The van der Waals surface area contributed by atoms with Crippen LogP contribution in [0.4, 0.5) is 4.79 Å². The summed E-state index contributed by atoms with van der Waals surface area (Å²) >= 11 is 0. The zero-order valence-corrected chi connectivity index (χ0v) is 23.0. The van der Waals surface area contributed by atoms with Crippen LogP contribution in [0.2, 0.25) is 0 Å². The third-order valence-corrected chi connectivity index (χ3v) is 4.90. The molecule has 12 heteroatoms. The first kappa shape index (κ1) is 34.1. The van der Waals surface area contributed by atoms with Crippen LogP contribution >= 0.6 is 0 Å². The first-order valence-corrected chi connectivity index (χ1v) is 12.8. The molecule has 0 aromatic carbocycles. The van der Waals surface area contributed by atoms with E-state index in [0.29, 0.717) is 25.6 Å². The molecular formula is C25H46N3O9+. The van der Waals surface area contributed by atoms with Gasteiger partial charge in [-0.1, -0.05) is 13.5 Å². The lowest BCUT2D eigenvalue weighted by molar-refractivity contribution is -0.685. The van der Waals surface area contributed by atoms with Crippen LogP contribution in [0.15, 0.2) is 12.3 Å². The summed E-state index contributed by atoms with van der Waals surface area (Å²) in [5.41, 5.74) is 0. The maximum Gasteiger partial charge on any atom is 0.407 e. The lowest BCUT2D eigenvalue weighted by atomic mass is 10.1. The van der Waals surface area contributed by atoms with E-state index < -0.39 is 24.1 Å². The molecule has 0 bridgehead atoms. The van der Waals surface area contributed by atoms with E-state index in [1.54, 1.807) is 13.8 Å². The fourth-order valence-electron chi connectivity index (χ4n) is 3.04. The van der Waals surface area contributed by atoms with Crippen LogP contribution in [-0.4, -0.2) is 88.3 Å². The number of quaternary nitrogens is 1. The fourth-order valence-corrected chi connectivity index (χ4v) is 3.04. The number of amides is 2. The predicted molar refractivity (Wildman–Crippen MR) is 135 cm³/mol. The van der Waals surface area contributed by atoms with Crippen molar-refractivity contribution < 1.29 is 48.2 Å². The molecule has 0 fully saturated rings. The highest BCUT2D eigenvalue weighted by molar-refractivity contribution is 5.76. The van der Waals surface area contributed by atoms with Gasteiger partial charge < -0.3 is 39.6 Å². The molecule has 0 aliphatic carbocycles. The minimum absolute atomic E-state index is 0.0409. The van der Waals surface area contributed by atoms with Crippen LogP contribution in [0.5, 0.6) is 0 Å². The van der Waals surface area contributed by atoms with Gasteiger partial charge in [-0.15, -0.1) is 0 Å². The zero-order valence-electron chi connectivity index (χ0n) is 23.0. The molecule has 12 nitrogen and oxygen atoms in total. The molecule has 0 heterocycles. The number of hydrogen-bond acceptors (Lipinski definition) is 9. The molecule has 2 amide bonds. The molecule has 0 aromatic heterocycles. The molecular weight excluding hydrogens is 486 g/mol. The van der Waals surface area contributed by atoms with Crippen molar-refractivity contribution in [2.24, 2.45) is 0 Å². The van der Waals surface area contributed by atoms with Gasteiger partial charge in [0.2, 0.25) is 5.91 Å². The Morgan fingerprint density at radius 2 is 1.65 bits per heavy atom. The average Bonchev–Trinajstić information content (AvgIpc) is 2.82. The first-order valence-electron chi connectivity index (χ1n) is 12.8. The molecule has 0 aromatic rings. The van der Waals surface area contributed by atoms with Gasteiger partial charge in [0, 0.05) is 19.4 Å². The fraction of sp³-hybridized carbons (Fsp3) is 0.760. The minimum atomic E-state index is -0.731. The third kappa shape index (κ3) is 22.1. The normalized spacial score (nSPS) is 13.0. The Morgan fingerprint density at radius 3 is 2.27 bits per heavy atom. The van der Waals surface area contributed by atoms with Crippen LogP contribution in [0.1, 0.15) is 60.3 Å². The average molecular weight is 533 g/mol. The Hall–Kier alpha value is -2.86. The molecule has 0 spiro atoms. The lowest BCUT2D eigenvalue weighted by Gasteiger charge is -2.18. The maximum absolute atomic E-state index is 12.2. The smallest absolute Gasteiger partial charge is 0.407 e. The monoisotopic (exact) mass is 532 g/mol. The van der Waals surface area contributed by atoms with Crippen LogP contribution in [-0.2, 0) is 38.1 Å². The maximum atomic E-state index is 12.2. The van der Waals surface area contributed by atoms with E-state index >= 15 is 0 Å². The quantitative estimate of drug-likeness (QED) is 0.0842. The Kier molecular flexibility index (Phi) is 19.6. The summed E-state index contributed by atoms with van der Waals surface area (Å²) < 4.78 is 25.6. The largest absolute Gasteiger partial charge is 0.496 e. The van der Waals surface area contributed by atoms with Crippen LogP contribution < -0.4 is 16.0 Å². The van der Waals surface area contributed by atoms with E-state index in [1.165, 1.54) is 6.92 Å². The van der Waals surface area contributed by atoms with Crippen LogP contribution in [0, 0.1) is 0 Å². The molecule has 3 unspecified atom stereocenters. The molecule has 0 aliphatic rings. The number of esters is 2. The van der Waals surface area contributed by atoms with Crippen molar-refractivity contribution in [1.82, 2.24) is 10.6 Å². The van der Waals surface area contributed by atoms with Crippen molar-refractivity contribution in [2.45, 2.75) is 78.5 Å². The van der Waals surface area contributed by atoms with Crippen molar-refractivity contribution in [3.8, 4) is 0 Å². The first-order chi connectivity index (χ1) is 17.5. The third-order valence-electron chi connectivity index (χ3n) is 4.90. The van der Waals surface area contributed by atoms with Gasteiger partial charge in [0.05, 0.1) is 44.5 Å². The Labute approximate surface area is 220 Å².